The third-order valence-electron chi connectivity index (χ3n) is 6.51. The molecule has 2 fully saturated rings. The minimum absolute atomic E-state index is 0.00204. The Bertz CT molecular complexity index is 1310. The zero-order valence-corrected chi connectivity index (χ0v) is 21.5. The van der Waals surface area contributed by atoms with E-state index in [2.05, 4.69) is 36.5 Å². The second-order valence-electron chi connectivity index (χ2n) is 8.73. The maximum absolute atomic E-state index is 13.3. The van der Waals surface area contributed by atoms with Crippen LogP contribution in [0.1, 0.15) is 36.2 Å². The zero-order chi connectivity index (χ0) is 25.2. The molecule has 10 nitrogen and oxygen atoms in total. The summed E-state index contributed by atoms with van der Waals surface area (Å²) >= 11 is 9.27. The molecule has 1 aliphatic carbocycles. The fraction of sp³-hybridized carbons (Fsp3) is 0.375. The van der Waals surface area contributed by atoms with E-state index in [1.165, 1.54) is 12.4 Å². The van der Waals surface area contributed by atoms with Gasteiger partial charge >= 0.3 is 0 Å². The first-order valence-electron chi connectivity index (χ1n) is 11.6. The highest BCUT2D eigenvalue weighted by Crippen LogP contribution is 2.37. The summed E-state index contributed by atoms with van der Waals surface area (Å²) in [6.07, 6.45) is 5.69. The van der Waals surface area contributed by atoms with Gasteiger partial charge < -0.3 is 24.7 Å². The lowest BCUT2D eigenvalue weighted by molar-refractivity contribution is -0.146. The average molecular weight is 577 g/mol. The van der Waals surface area contributed by atoms with Gasteiger partial charge in [-0.2, -0.15) is 0 Å². The van der Waals surface area contributed by atoms with Gasteiger partial charge in [0.05, 0.1) is 17.0 Å². The number of halogens is 2. The number of morpholine rings is 1. The van der Waals surface area contributed by atoms with Gasteiger partial charge in [-0.15, -0.1) is 0 Å². The number of nitrogens with one attached hydrogen (secondary N) is 2. The first-order valence-corrected chi connectivity index (χ1v) is 12.8. The number of carbonyl (C=O) groups excluding carboxylic acids is 3. The van der Waals surface area contributed by atoms with E-state index in [9.17, 15) is 14.4 Å². The third-order valence-corrected chi connectivity index (χ3v) is 7.33. The van der Waals surface area contributed by atoms with Crippen LogP contribution >= 0.6 is 27.5 Å². The number of furan rings is 1. The standard InChI is InChI=1S/C24H23BrClN5O5/c25-22-19-16(7-8-27-22)36-21(24(34)29-17-6-3-14(26)11-28-17)20(19)30-23(33)13-1-4-15(5-2-13)31-9-10-35-12-18(31)32/h3,6-8,11,13,15H,1-2,4-5,9-10,12H2,(H,30,33)(H,28,29,34). The van der Waals surface area contributed by atoms with Crippen LogP contribution in [-0.2, 0) is 14.3 Å². The lowest BCUT2D eigenvalue weighted by atomic mass is 9.84. The summed E-state index contributed by atoms with van der Waals surface area (Å²) in [4.78, 5) is 48.7. The van der Waals surface area contributed by atoms with Crippen LogP contribution in [0.5, 0.6) is 0 Å². The van der Waals surface area contributed by atoms with Crippen molar-refractivity contribution in [3.8, 4) is 0 Å². The highest BCUT2D eigenvalue weighted by molar-refractivity contribution is 9.10. The molecule has 0 atom stereocenters. The largest absolute Gasteiger partial charge is 0.448 e. The number of ether oxygens (including phenoxy) is 1. The molecule has 12 heteroatoms. The van der Waals surface area contributed by atoms with Crippen molar-refractivity contribution in [2.45, 2.75) is 31.7 Å². The molecule has 0 unspecified atom stereocenters. The molecule has 0 radical (unpaired) electrons. The van der Waals surface area contributed by atoms with Gasteiger partial charge in [0.1, 0.15) is 28.3 Å². The van der Waals surface area contributed by atoms with E-state index in [4.69, 9.17) is 20.8 Å². The Morgan fingerprint density at radius 2 is 1.92 bits per heavy atom. The van der Waals surface area contributed by atoms with E-state index < -0.39 is 5.91 Å². The lowest BCUT2D eigenvalue weighted by Gasteiger charge is -2.38. The molecule has 4 heterocycles. The second kappa shape index (κ2) is 10.5. The summed E-state index contributed by atoms with van der Waals surface area (Å²) in [6, 6.07) is 4.91. The van der Waals surface area contributed by atoms with Crippen LogP contribution in [0.3, 0.4) is 0 Å². The summed E-state index contributed by atoms with van der Waals surface area (Å²) in [5, 5.41) is 6.52. The van der Waals surface area contributed by atoms with Crippen LogP contribution in [0, 0.1) is 5.92 Å². The van der Waals surface area contributed by atoms with Crippen molar-refractivity contribution in [3.05, 3.63) is 46.0 Å². The van der Waals surface area contributed by atoms with Crippen molar-refractivity contribution in [3.63, 3.8) is 0 Å². The molecule has 188 valence electrons. The molecular weight excluding hydrogens is 554 g/mol. The number of rotatable bonds is 5. The maximum Gasteiger partial charge on any atom is 0.294 e. The Morgan fingerprint density at radius 3 is 2.64 bits per heavy atom. The Labute approximate surface area is 219 Å². The van der Waals surface area contributed by atoms with Crippen molar-refractivity contribution in [2.24, 2.45) is 5.92 Å². The normalized spacial score (nSPS) is 20.4. The minimum Gasteiger partial charge on any atom is -0.448 e. The first kappa shape index (κ1) is 24.7. The van der Waals surface area contributed by atoms with Gasteiger partial charge in [-0.25, -0.2) is 9.97 Å². The number of anilines is 2. The monoisotopic (exact) mass is 575 g/mol. The highest BCUT2D eigenvalue weighted by atomic mass is 79.9. The number of fused-ring (bicyclic) bond motifs is 1. The van der Waals surface area contributed by atoms with E-state index in [0.29, 0.717) is 46.6 Å². The van der Waals surface area contributed by atoms with Crippen molar-refractivity contribution in [2.75, 3.05) is 30.4 Å². The third kappa shape index (κ3) is 5.09. The van der Waals surface area contributed by atoms with Crippen molar-refractivity contribution < 1.29 is 23.5 Å². The molecule has 2 N–H and O–H groups in total. The summed E-state index contributed by atoms with van der Waals surface area (Å²) in [6.45, 7) is 1.25. The molecule has 1 saturated carbocycles. The van der Waals surface area contributed by atoms with Crippen molar-refractivity contribution in [1.29, 1.82) is 0 Å². The van der Waals surface area contributed by atoms with Gasteiger partial charge in [0.2, 0.25) is 17.6 Å². The Balaban J connectivity index is 1.33. The molecular formula is C24H23BrClN5O5. The fourth-order valence-electron chi connectivity index (χ4n) is 4.70. The van der Waals surface area contributed by atoms with E-state index in [0.717, 1.165) is 12.8 Å². The smallest absolute Gasteiger partial charge is 0.294 e. The molecule has 1 saturated heterocycles. The second-order valence-corrected chi connectivity index (χ2v) is 9.92. The molecule has 5 rings (SSSR count). The van der Waals surface area contributed by atoms with E-state index >= 15 is 0 Å². The Kier molecular flexibility index (Phi) is 7.22. The molecule has 2 aliphatic rings. The van der Waals surface area contributed by atoms with Gasteiger partial charge in [-0.1, -0.05) is 11.6 Å². The van der Waals surface area contributed by atoms with E-state index in [1.807, 2.05) is 4.90 Å². The van der Waals surface area contributed by atoms with Crippen LogP contribution < -0.4 is 10.6 Å². The van der Waals surface area contributed by atoms with Crippen molar-refractivity contribution >= 4 is 67.7 Å². The molecule has 0 bridgehead atoms. The summed E-state index contributed by atoms with van der Waals surface area (Å²) < 4.78 is 11.5. The van der Waals surface area contributed by atoms with Gasteiger partial charge in [0.25, 0.3) is 5.91 Å². The summed E-state index contributed by atoms with van der Waals surface area (Å²) in [5.41, 5.74) is 0.642. The van der Waals surface area contributed by atoms with Crippen LogP contribution in [0.2, 0.25) is 5.02 Å². The molecule has 1 aliphatic heterocycles. The van der Waals surface area contributed by atoms with Crippen LogP contribution in [0.25, 0.3) is 11.0 Å². The molecule has 0 aromatic carbocycles. The fourth-order valence-corrected chi connectivity index (χ4v) is 5.32. The van der Waals surface area contributed by atoms with E-state index in [-0.39, 0.29) is 47.6 Å². The topological polar surface area (TPSA) is 127 Å². The number of nitrogens with zero attached hydrogens (tertiary/aromatic N) is 3. The molecule has 3 aromatic rings. The quantitative estimate of drug-likeness (QED) is 0.435. The van der Waals surface area contributed by atoms with E-state index in [1.54, 1.807) is 18.2 Å². The average Bonchev–Trinajstić information content (AvgIpc) is 3.25. The number of hydrogen-bond acceptors (Lipinski definition) is 7. The lowest BCUT2D eigenvalue weighted by Crippen LogP contribution is -2.49. The SMILES string of the molecule is O=C(Nc1ccc(Cl)cn1)c1oc2ccnc(Br)c2c1NC(=O)C1CCC(N2CCOCC2=O)CC1. The van der Waals surface area contributed by atoms with Gasteiger partial charge in [0, 0.05) is 30.9 Å². The van der Waals surface area contributed by atoms with Crippen LogP contribution in [0.4, 0.5) is 11.5 Å². The molecule has 36 heavy (non-hydrogen) atoms. The number of amides is 3. The Morgan fingerprint density at radius 1 is 1.11 bits per heavy atom. The molecule has 3 amide bonds. The minimum atomic E-state index is -0.572. The summed E-state index contributed by atoms with van der Waals surface area (Å²) in [7, 11) is 0. The predicted octanol–water partition coefficient (Wildman–Crippen LogP) is 4.25. The number of pyridine rings is 2. The molecule has 3 aromatic heterocycles. The highest BCUT2D eigenvalue weighted by Gasteiger charge is 2.34. The number of aromatic nitrogens is 2. The van der Waals surface area contributed by atoms with Gasteiger partial charge in [-0.3, -0.25) is 14.4 Å². The van der Waals surface area contributed by atoms with Crippen molar-refractivity contribution in [1.82, 2.24) is 14.9 Å². The number of carbonyl (C=O) groups is 3. The van der Waals surface area contributed by atoms with Gasteiger partial charge in [0.15, 0.2) is 0 Å². The first-order chi connectivity index (χ1) is 17.4. The summed E-state index contributed by atoms with van der Waals surface area (Å²) in [5.74, 6) is -0.808. The number of hydrogen-bond donors (Lipinski definition) is 2. The maximum atomic E-state index is 13.3. The van der Waals surface area contributed by atoms with Gasteiger partial charge in [-0.05, 0) is 59.8 Å². The molecule has 0 spiro atoms. The van der Waals surface area contributed by atoms with Crippen LogP contribution in [0.15, 0.2) is 39.6 Å². The van der Waals surface area contributed by atoms with Crippen LogP contribution in [-0.4, -0.2) is 58.4 Å². The predicted molar refractivity (Wildman–Crippen MR) is 136 cm³/mol. The Hall–Kier alpha value is -3.02. The zero-order valence-electron chi connectivity index (χ0n) is 19.1.